The number of hydrogen-bond donors (Lipinski definition) is 0. The van der Waals surface area contributed by atoms with Crippen LogP contribution in [0.15, 0.2) is 12.2 Å². The number of nitrogens with zero attached hydrogens (tertiary/aromatic N) is 1. The van der Waals surface area contributed by atoms with Gasteiger partial charge in [0.2, 0.25) is 6.41 Å². The van der Waals surface area contributed by atoms with Gasteiger partial charge in [0.05, 0.1) is 0 Å². The quantitative estimate of drug-likeness (QED) is 0.375. The molecule has 0 aliphatic carbocycles. The van der Waals surface area contributed by atoms with E-state index in [0.717, 1.165) is 32.3 Å². The van der Waals surface area contributed by atoms with Crippen molar-refractivity contribution in [2.24, 2.45) is 0 Å². The van der Waals surface area contributed by atoms with Crippen molar-refractivity contribution in [3.8, 4) is 0 Å². The summed E-state index contributed by atoms with van der Waals surface area (Å²) in [6.07, 6.45) is 2.88. The lowest BCUT2D eigenvalue weighted by molar-refractivity contribution is -0.118. The average molecular weight is 125 g/mol. The van der Waals surface area contributed by atoms with E-state index in [1.165, 1.54) is 5.57 Å². The number of carbonyl (C=O) groups is 1. The molecule has 0 aromatic heterocycles. The Morgan fingerprint density at radius 2 is 2.00 bits per heavy atom. The Bertz CT molecular complexity index is 121. The van der Waals surface area contributed by atoms with E-state index >= 15 is 0 Å². The first-order valence-electron chi connectivity index (χ1n) is 3.19. The van der Waals surface area contributed by atoms with Crippen LogP contribution in [0.5, 0.6) is 0 Å². The Kier molecular flexibility index (Phi) is 1.88. The topological polar surface area (TPSA) is 20.3 Å². The van der Waals surface area contributed by atoms with Crippen LogP contribution in [0.2, 0.25) is 0 Å². The maximum absolute atomic E-state index is 10.2. The number of rotatable bonds is 1. The molecule has 1 rings (SSSR count). The molecule has 1 fully saturated rings. The molecule has 1 aliphatic heterocycles. The summed E-state index contributed by atoms with van der Waals surface area (Å²) in [4.78, 5) is 11.9. The van der Waals surface area contributed by atoms with Gasteiger partial charge in [-0.2, -0.15) is 0 Å². The van der Waals surface area contributed by atoms with E-state index in [0.29, 0.717) is 0 Å². The van der Waals surface area contributed by atoms with Crippen LogP contribution in [0.1, 0.15) is 12.8 Å². The standard InChI is InChI=1S/C7H11NO/c1-7-2-4-8(6-9)5-3-7/h6H,1-5H2. The number of hydrogen-bond acceptors (Lipinski definition) is 1. The monoisotopic (exact) mass is 125 g/mol. The number of likely N-dealkylation sites (tertiary alicyclic amines) is 1. The maximum atomic E-state index is 10.2. The van der Waals surface area contributed by atoms with E-state index in [-0.39, 0.29) is 0 Å². The molecule has 0 N–H and O–H groups in total. The van der Waals surface area contributed by atoms with E-state index < -0.39 is 0 Å². The second-order valence-corrected chi connectivity index (χ2v) is 2.39. The summed E-state index contributed by atoms with van der Waals surface area (Å²) >= 11 is 0. The lowest BCUT2D eigenvalue weighted by atomic mass is 10.1. The molecule has 0 radical (unpaired) electrons. The average Bonchev–Trinajstić information content (AvgIpc) is 1.90. The highest BCUT2D eigenvalue weighted by Gasteiger charge is 2.08. The van der Waals surface area contributed by atoms with Gasteiger partial charge in [-0.15, -0.1) is 0 Å². The van der Waals surface area contributed by atoms with E-state index in [4.69, 9.17) is 0 Å². The second-order valence-electron chi connectivity index (χ2n) is 2.39. The van der Waals surface area contributed by atoms with Gasteiger partial charge in [0.1, 0.15) is 0 Å². The summed E-state index contributed by atoms with van der Waals surface area (Å²) < 4.78 is 0. The van der Waals surface area contributed by atoms with Crippen molar-refractivity contribution in [1.82, 2.24) is 4.90 Å². The fraction of sp³-hybridized carbons (Fsp3) is 0.571. The summed E-state index contributed by atoms with van der Waals surface area (Å²) in [7, 11) is 0. The van der Waals surface area contributed by atoms with Gasteiger partial charge in [-0.3, -0.25) is 4.79 Å². The van der Waals surface area contributed by atoms with Crippen molar-refractivity contribution in [3.05, 3.63) is 12.2 Å². The van der Waals surface area contributed by atoms with Crippen molar-refractivity contribution in [1.29, 1.82) is 0 Å². The van der Waals surface area contributed by atoms with Crippen molar-refractivity contribution < 1.29 is 4.79 Å². The fourth-order valence-electron chi connectivity index (χ4n) is 0.946. The van der Waals surface area contributed by atoms with Crippen molar-refractivity contribution in [2.75, 3.05) is 13.1 Å². The zero-order chi connectivity index (χ0) is 6.69. The van der Waals surface area contributed by atoms with Crippen LogP contribution in [0.4, 0.5) is 0 Å². The Morgan fingerprint density at radius 3 is 2.44 bits per heavy atom. The van der Waals surface area contributed by atoms with Crippen molar-refractivity contribution in [2.45, 2.75) is 12.8 Å². The molecule has 2 heteroatoms. The molecule has 1 saturated heterocycles. The van der Waals surface area contributed by atoms with Gasteiger partial charge in [-0.1, -0.05) is 12.2 Å². The molecule has 0 aromatic carbocycles. The first-order chi connectivity index (χ1) is 4.33. The first kappa shape index (κ1) is 6.33. The van der Waals surface area contributed by atoms with E-state index in [2.05, 4.69) is 6.58 Å². The zero-order valence-electron chi connectivity index (χ0n) is 5.47. The van der Waals surface area contributed by atoms with Gasteiger partial charge >= 0.3 is 0 Å². The smallest absolute Gasteiger partial charge is 0.209 e. The normalized spacial score (nSPS) is 20.0. The molecule has 0 saturated carbocycles. The third-order valence-electron chi connectivity index (χ3n) is 1.65. The molecule has 0 bridgehead atoms. The molecular formula is C7H11NO. The summed E-state index contributed by atoms with van der Waals surface area (Å²) in [5.41, 5.74) is 1.27. The minimum absolute atomic E-state index is 0.863. The Morgan fingerprint density at radius 1 is 1.44 bits per heavy atom. The highest BCUT2D eigenvalue weighted by Crippen LogP contribution is 2.11. The summed E-state index contributed by atoms with van der Waals surface area (Å²) in [5, 5.41) is 0. The Balaban J connectivity index is 2.34. The molecule has 1 heterocycles. The van der Waals surface area contributed by atoms with E-state index in [1.54, 1.807) is 4.90 Å². The van der Waals surface area contributed by atoms with Gasteiger partial charge in [0.15, 0.2) is 0 Å². The predicted octanol–water partition coefficient (Wildman–Crippen LogP) is 0.795. The van der Waals surface area contributed by atoms with Crippen molar-refractivity contribution >= 4 is 6.41 Å². The van der Waals surface area contributed by atoms with Gasteiger partial charge in [-0.05, 0) is 12.8 Å². The fourth-order valence-corrected chi connectivity index (χ4v) is 0.946. The van der Waals surface area contributed by atoms with E-state index in [1.807, 2.05) is 0 Å². The van der Waals surface area contributed by atoms with Crippen LogP contribution in [0.25, 0.3) is 0 Å². The third-order valence-corrected chi connectivity index (χ3v) is 1.65. The van der Waals surface area contributed by atoms with Crippen molar-refractivity contribution in [3.63, 3.8) is 0 Å². The largest absolute Gasteiger partial charge is 0.345 e. The van der Waals surface area contributed by atoms with Gasteiger partial charge in [0.25, 0.3) is 0 Å². The third kappa shape index (κ3) is 1.56. The maximum Gasteiger partial charge on any atom is 0.209 e. The minimum Gasteiger partial charge on any atom is -0.345 e. The zero-order valence-corrected chi connectivity index (χ0v) is 5.47. The summed E-state index contributed by atoms with van der Waals surface area (Å²) in [6.45, 7) is 5.57. The number of carbonyl (C=O) groups excluding carboxylic acids is 1. The Hall–Kier alpha value is -0.790. The number of piperidine rings is 1. The molecule has 50 valence electrons. The molecule has 1 aliphatic rings. The predicted molar refractivity (Wildman–Crippen MR) is 36.0 cm³/mol. The summed E-state index contributed by atoms with van der Waals surface area (Å²) in [6, 6.07) is 0. The SMILES string of the molecule is C=C1CCN(C=O)CC1. The molecule has 2 nitrogen and oxygen atoms in total. The van der Waals surface area contributed by atoms with Crippen LogP contribution in [0.3, 0.4) is 0 Å². The molecular weight excluding hydrogens is 114 g/mol. The lowest BCUT2D eigenvalue weighted by Crippen LogP contribution is -2.28. The second kappa shape index (κ2) is 2.67. The van der Waals surface area contributed by atoms with Crippen LogP contribution in [0, 0.1) is 0 Å². The highest BCUT2D eigenvalue weighted by atomic mass is 16.1. The van der Waals surface area contributed by atoms with Gasteiger partial charge in [0, 0.05) is 13.1 Å². The molecule has 0 aromatic rings. The van der Waals surface area contributed by atoms with Crippen LogP contribution < -0.4 is 0 Å². The molecule has 0 spiro atoms. The number of amides is 1. The molecule has 0 unspecified atom stereocenters. The first-order valence-corrected chi connectivity index (χ1v) is 3.19. The van der Waals surface area contributed by atoms with E-state index in [9.17, 15) is 4.79 Å². The van der Waals surface area contributed by atoms with Crippen LogP contribution in [-0.4, -0.2) is 24.4 Å². The van der Waals surface area contributed by atoms with Crippen LogP contribution >= 0.6 is 0 Å². The van der Waals surface area contributed by atoms with Crippen LogP contribution in [-0.2, 0) is 4.79 Å². The summed E-state index contributed by atoms with van der Waals surface area (Å²) in [5.74, 6) is 0. The van der Waals surface area contributed by atoms with Gasteiger partial charge in [-0.25, -0.2) is 0 Å². The Labute approximate surface area is 55.2 Å². The molecule has 9 heavy (non-hydrogen) atoms. The minimum atomic E-state index is 0.863. The van der Waals surface area contributed by atoms with Gasteiger partial charge < -0.3 is 4.90 Å². The molecule has 0 atom stereocenters. The lowest BCUT2D eigenvalue weighted by Gasteiger charge is -2.23. The molecule has 1 amide bonds. The highest BCUT2D eigenvalue weighted by molar-refractivity contribution is 5.47.